The lowest BCUT2D eigenvalue weighted by Gasteiger charge is -2.22. The van der Waals surface area contributed by atoms with Crippen LogP contribution in [0.15, 0.2) is 59.5 Å². The van der Waals surface area contributed by atoms with E-state index in [0.717, 1.165) is 19.4 Å². The van der Waals surface area contributed by atoms with Gasteiger partial charge in [0, 0.05) is 13.2 Å². The first-order valence-corrected chi connectivity index (χ1v) is 10.1. The smallest absolute Gasteiger partial charge is 0.292 e. The van der Waals surface area contributed by atoms with Crippen LogP contribution in [0.3, 0.4) is 0 Å². The molecule has 3 aromatic rings. The van der Waals surface area contributed by atoms with Crippen molar-refractivity contribution in [3.05, 3.63) is 75.9 Å². The molecule has 0 amide bonds. The molecule has 2 aromatic carbocycles. The van der Waals surface area contributed by atoms with Crippen LogP contribution < -0.4 is 15.6 Å². The van der Waals surface area contributed by atoms with Gasteiger partial charge in [0.05, 0.1) is 24.2 Å². The fourth-order valence-electron chi connectivity index (χ4n) is 3.26. The van der Waals surface area contributed by atoms with Crippen molar-refractivity contribution >= 4 is 17.3 Å². The number of aromatic nitrogens is 2. The van der Waals surface area contributed by atoms with Crippen LogP contribution in [0.1, 0.15) is 12.8 Å². The summed E-state index contributed by atoms with van der Waals surface area (Å²) in [5, 5.41) is 7.54. The van der Waals surface area contributed by atoms with Gasteiger partial charge in [-0.3, -0.25) is 4.79 Å². The first kappa shape index (κ1) is 20.4. The zero-order valence-electron chi connectivity index (χ0n) is 16.2. The number of hydrogen-bond acceptors (Lipinski definition) is 5. The molecule has 0 radical (unpaired) electrons. The average molecular weight is 430 g/mol. The molecule has 4 rings (SSSR count). The Morgan fingerprint density at radius 1 is 1.17 bits per heavy atom. The highest BCUT2D eigenvalue weighted by atomic mass is 35.5. The van der Waals surface area contributed by atoms with Crippen LogP contribution in [-0.4, -0.2) is 29.5 Å². The van der Waals surface area contributed by atoms with E-state index in [-0.39, 0.29) is 10.8 Å². The minimum Gasteiger partial charge on any atom is -0.457 e. The van der Waals surface area contributed by atoms with E-state index in [1.54, 1.807) is 42.6 Å². The van der Waals surface area contributed by atoms with Gasteiger partial charge in [-0.15, -0.1) is 0 Å². The standard InChI is InChI=1S/C22H21ClFN3O3/c23-21-20(25-12-15-2-1-11-29-14-15)13-26-27(22(21)28)17-5-9-19(10-6-17)30-18-7-3-16(24)4-8-18/h3-10,13,15,25H,1-2,11-12,14H2/t15-/m0/s1. The molecule has 1 aliphatic heterocycles. The Kier molecular flexibility index (Phi) is 6.30. The van der Waals surface area contributed by atoms with Crippen molar-refractivity contribution in [2.45, 2.75) is 12.8 Å². The Labute approximate surface area is 178 Å². The maximum absolute atomic E-state index is 13.0. The summed E-state index contributed by atoms with van der Waals surface area (Å²) in [7, 11) is 0. The van der Waals surface area contributed by atoms with E-state index in [9.17, 15) is 9.18 Å². The molecule has 1 aromatic heterocycles. The molecule has 156 valence electrons. The van der Waals surface area contributed by atoms with E-state index in [0.29, 0.717) is 41.9 Å². The molecule has 0 bridgehead atoms. The minimum absolute atomic E-state index is 0.0911. The van der Waals surface area contributed by atoms with Crippen LogP contribution in [0.2, 0.25) is 5.02 Å². The summed E-state index contributed by atoms with van der Waals surface area (Å²) in [6, 6.07) is 12.6. The predicted molar refractivity (Wildman–Crippen MR) is 113 cm³/mol. The van der Waals surface area contributed by atoms with E-state index in [1.807, 2.05) is 0 Å². The topological polar surface area (TPSA) is 65.4 Å². The Morgan fingerprint density at radius 2 is 1.87 bits per heavy atom. The van der Waals surface area contributed by atoms with Gasteiger partial charge in [-0.25, -0.2) is 4.39 Å². The second-order valence-corrected chi connectivity index (χ2v) is 7.48. The molecule has 1 saturated heterocycles. The number of rotatable bonds is 6. The van der Waals surface area contributed by atoms with E-state index in [1.165, 1.54) is 16.8 Å². The monoisotopic (exact) mass is 429 g/mol. The van der Waals surface area contributed by atoms with Crippen LogP contribution in [0.25, 0.3) is 5.69 Å². The van der Waals surface area contributed by atoms with Gasteiger partial charge in [0.15, 0.2) is 0 Å². The van der Waals surface area contributed by atoms with E-state index >= 15 is 0 Å². The maximum atomic E-state index is 13.0. The van der Waals surface area contributed by atoms with Gasteiger partial charge in [0.25, 0.3) is 5.56 Å². The summed E-state index contributed by atoms with van der Waals surface area (Å²) in [6.45, 7) is 2.20. The number of nitrogens with one attached hydrogen (secondary N) is 1. The molecule has 30 heavy (non-hydrogen) atoms. The quantitative estimate of drug-likeness (QED) is 0.617. The molecule has 1 atom stereocenters. The van der Waals surface area contributed by atoms with Gasteiger partial charge in [0.1, 0.15) is 22.3 Å². The Bertz CT molecular complexity index is 1050. The van der Waals surface area contributed by atoms with Gasteiger partial charge in [-0.05, 0) is 67.3 Å². The average Bonchev–Trinajstić information content (AvgIpc) is 2.78. The molecule has 0 unspecified atom stereocenters. The van der Waals surface area contributed by atoms with Crippen molar-refractivity contribution in [1.29, 1.82) is 0 Å². The second kappa shape index (κ2) is 9.28. The third-order valence-corrected chi connectivity index (χ3v) is 5.25. The molecular weight excluding hydrogens is 409 g/mol. The van der Waals surface area contributed by atoms with Gasteiger partial charge in [-0.2, -0.15) is 9.78 Å². The number of anilines is 1. The van der Waals surface area contributed by atoms with Crippen molar-refractivity contribution in [2.24, 2.45) is 5.92 Å². The lowest BCUT2D eigenvalue weighted by Crippen LogP contribution is -2.26. The largest absolute Gasteiger partial charge is 0.457 e. The predicted octanol–water partition coefficient (Wildman–Crippen LogP) is 4.66. The normalized spacial score (nSPS) is 16.3. The molecule has 0 saturated carbocycles. The highest BCUT2D eigenvalue weighted by molar-refractivity contribution is 6.32. The molecule has 1 aliphatic rings. The molecule has 2 heterocycles. The van der Waals surface area contributed by atoms with E-state index in [2.05, 4.69) is 10.4 Å². The second-order valence-electron chi connectivity index (χ2n) is 7.10. The number of hydrogen-bond donors (Lipinski definition) is 1. The Balaban J connectivity index is 1.46. The molecule has 1 fully saturated rings. The lowest BCUT2D eigenvalue weighted by molar-refractivity contribution is 0.0595. The molecule has 0 aliphatic carbocycles. The Hall–Kier alpha value is -2.90. The Morgan fingerprint density at radius 3 is 2.53 bits per heavy atom. The van der Waals surface area contributed by atoms with Crippen molar-refractivity contribution < 1.29 is 13.9 Å². The zero-order chi connectivity index (χ0) is 20.9. The first-order valence-electron chi connectivity index (χ1n) is 9.73. The summed E-state index contributed by atoms with van der Waals surface area (Å²) < 4.78 is 25.4. The van der Waals surface area contributed by atoms with Crippen molar-refractivity contribution in [3.63, 3.8) is 0 Å². The highest BCUT2D eigenvalue weighted by Gasteiger charge is 2.16. The third kappa shape index (κ3) is 4.80. The SMILES string of the molecule is O=c1c(Cl)c(NC[C@@H]2CCCOC2)cnn1-c1ccc(Oc2ccc(F)cc2)cc1. The lowest BCUT2D eigenvalue weighted by atomic mass is 10.0. The first-order chi connectivity index (χ1) is 14.6. The minimum atomic E-state index is -0.409. The fourth-order valence-corrected chi connectivity index (χ4v) is 3.45. The van der Waals surface area contributed by atoms with Gasteiger partial charge in [0.2, 0.25) is 0 Å². The van der Waals surface area contributed by atoms with E-state index in [4.69, 9.17) is 21.1 Å². The molecule has 0 spiro atoms. The summed E-state index contributed by atoms with van der Waals surface area (Å²) in [4.78, 5) is 12.7. The van der Waals surface area contributed by atoms with Crippen LogP contribution in [-0.2, 0) is 4.74 Å². The highest BCUT2D eigenvalue weighted by Crippen LogP contribution is 2.23. The van der Waals surface area contributed by atoms with Crippen LogP contribution in [0.4, 0.5) is 10.1 Å². The van der Waals surface area contributed by atoms with E-state index < -0.39 is 5.56 Å². The van der Waals surface area contributed by atoms with Crippen molar-refractivity contribution in [3.8, 4) is 17.2 Å². The van der Waals surface area contributed by atoms with Gasteiger partial charge >= 0.3 is 0 Å². The molecule has 8 heteroatoms. The molecular formula is C22H21ClFN3O3. The summed E-state index contributed by atoms with van der Waals surface area (Å²) in [6.07, 6.45) is 3.68. The van der Waals surface area contributed by atoms with Crippen molar-refractivity contribution in [1.82, 2.24) is 9.78 Å². The van der Waals surface area contributed by atoms with Crippen molar-refractivity contribution in [2.75, 3.05) is 25.1 Å². The fraction of sp³-hybridized carbons (Fsp3) is 0.273. The van der Waals surface area contributed by atoms with Crippen LogP contribution in [0, 0.1) is 11.7 Å². The van der Waals surface area contributed by atoms with Crippen LogP contribution >= 0.6 is 11.6 Å². The maximum Gasteiger partial charge on any atom is 0.292 e. The summed E-state index contributed by atoms with van der Waals surface area (Å²) in [5.41, 5.74) is 0.661. The van der Waals surface area contributed by atoms with Gasteiger partial charge in [-0.1, -0.05) is 11.6 Å². The summed E-state index contributed by atoms with van der Waals surface area (Å²) in [5.74, 6) is 1.13. The molecule has 6 nitrogen and oxygen atoms in total. The third-order valence-electron chi connectivity index (χ3n) is 4.89. The zero-order valence-corrected chi connectivity index (χ0v) is 16.9. The number of halogens is 2. The summed E-state index contributed by atoms with van der Waals surface area (Å²) >= 11 is 6.29. The number of ether oxygens (including phenoxy) is 2. The van der Waals surface area contributed by atoms with Gasteiger partial charge < -0.3 is 14.8 Å². The number of nitrogens with zero attached hydrogens (tertiary/aromatic N) is 2. The van der Waals surface area contributed by atoms with Crippen LogP contribution in [0.5, 0.6) is 11.5 Å². The number of benzene rings is 2. The molecule has 1 N–H and O–H groups in total.